The van der Waals surface area contributed by atoms with E-state index in [2.05, 4.69) is 20.8 Å². The Bertz CT molecular complexity index is 871. The van der Waals surface area contributed by atoms with Crippen LogP contribution in [0.5, 0.6) is 0 Å². The standard InChI is InChI=1S/C18H18ClN5OS/c1-13(15-9-5-6-10-16(15)19)20-17(25)12-26-18-21-22-23-24(18)11-14-7-3-2-4-8-14/h2-10,13H,11-12H2,1H3,(H,20,25). The number of benzene rings is 2. The van der Waals surface area contributed by atoms with Crippen molar-refractivity contribution in [1.29, 1.82) is 0 Å². The lowest BCUT2D eigenvalue weighted by Crippen LogP contribution is -2.28. The number of aromatic nitrogens is 4. The summed E-state index contributed by atoms with van der Waals surface area (Å²) in [5, 5.41) is 15.9. The van der Waals surface area contributed by atoms with Gasteiger partial charge in [-0.2, -0.15) is 0 Å². The Labute approximate surface area is 160 Å². The highest BCUT2D eigenvalue weighted by Crippen LogP contribution is 2.22. The molecule has 3 aromatic rings. The number of amides is 1. The lowest BCUT2D eigenvalue weighted by molar-refractivity contribution is -0.119. The summed E-state index contributed by atoms with van der Waals surface area (Å²) in [5.74, 6) is 0.126. The second-order valence-electron chi connectivity index (χ2n) is 5.70. The Balaban J connectivity index is 1.55. The lowest BCUT2D eigenvalue weighted by Gasteiger charge is -2.15. The smallest absolute Gasteiger partial charge is 0.230 e. The topological polar surface area (TPSA) is 72.7 Å². The largest absolute Gasteiger partial charge is 0.349 e. The maximum absolute atomic E-state index is 12.3. The zero-order valence-corrected chi connectivity index (χ0v) is 15.7. The molecule has 1 aromatic heterocycles. The number of rotatable bonds is 7. The Morgan fingerprint density at radius 1 is 1.19 bits per heavy atom. The van der Waals surface area contributed by atoms with E-state index >= 15 is 0 Å². The molecule has 0 fully saturated rings. The van der Waals surface area contributed by atoms with Crippen molar-refractivity contribution in [2.24, 2.45) is 0 Å². The molecule has 1 heterocycles. The van der Waals surface area contributed by atoms with Gasteiger partial charge in [-0.25, -0.2) is 4.68 Å². The van der Waals surface area contributed by atoms with Crippen molar-refractivity contribution in [3.8, 4) is 0 Å². The van der Waals surface area contributed by atoms with Crippen LogP contribution in [0.25, 0.3) is 0 Å². The van der Waals surface area contributed by atoms with Crippen molar-refractivity contribution in [3.05, 3.63) is 70.7 Å². The molecule has 0 radical (unpaired) electrons. The quantitative estimate of drug-likeness (QED) is 0.629. The maximum Gasteiger partial charge on any atom is 0.230 e. The second kappa shape index (κ2) is 8.82. The molecule has 2 aromatic carbocycles. The van der Waals surface area contributed by atoms with Gasteiger partial charge in [0.15, 0.2) is 0 Å². The van der Waals surface area contributed by atoms with Gasteiger partial charge in [-0.1, -0.05) is 71.9 Å². The second-order valence-corrected chi connectivity index (χ2v) is 7.05. The first-order valence-electron chi connectivity index (χ1n) is 8.10. The van der Waals surface area contributed by atoms with Crippen LogP contribution < -0.4 is 5.32 Å². The molecule has 1 N–H and O–H groups in total. The van der Waals surface area contributed by atoms with Crippen LogP contribution in [-0.2, 0) is 11.3 Å². The average Bonchev–Trinajstić information content (AvgIpc) is 3.08. The van der Waals surface area contributed by atoms with E-state index in [9.17, 15) is 4.79 Å². The van der Waals surface area contributed by atoms with Gasteiger partial charge in [0.05, 0.1) is 18.3 Å². The molecule has 0 saturated carbocycles. The molecular weight excluding hydrogens is 370 g/mol. The number of carbonyl (C=O) groups excluding carboxylic acids is 1. The first-order chi connectivity index (χ1) is 12.6. The minimum Gasteiger partial charge on any atom is -0.349 e. The SMILES string of the molecule is CC(NC(=O)CSc1nnnn1Cc1ccccc1)c1ccccc1Cl. The van der Waals surface area contributed by atoms with Crippen LogP contribution in [-0.4, -0.2) is 31.9 Å². The molecule has 134 valence electrons. The van der Waals surface area contributed by atoms with E-state index in [1.54, 1.807) is 4.68 Å². The van der Waals surface area contributed by atoms with Crippen LogP contribution in [0.4, 0.5) is 0 Å². The minimum absolute atomic E-state index is 0.100. The number of carbonyl (C=O) groups is 1. The molecular formula is C18H18ClN5OS. The van der Waals surface area contributed by atoms with E-state index in [1.165, 1.54) is 11.8 Å². The van der Waals surface area contributed by atoms with E-state index in [-0.39, 0.29) is 17.7 Å². The van der Waals surface area contributed by atoms with Crippen molar-refractivity contribution in [1.82, 2.24) is 25.5 Å². The Morgan fingerprint density at radius 2 is 1.92 bits per heavy atom. The van der Waals surface area contributed by atoms with E-state index in [4.69, 9.17) is 11.6 Å². The molecule has 6 nitrogen and oxygen atoms in total. The van der Waals surface area contributed by atoms with Gasteiger partial charge in [0, 0.05) is 5.02 Å². The summed E-state index contributed by atoms with van der Waals surface area (Å²) in [5.41, 5.74) is 1.99. The number of hydrogen-bond donors (Lipinski definition) is 1. The molecule has 1 amide bonds. The molecule has 0 aliphatic carbocycles. The summed E-state index contributed by atoms with van der Waals surface area (Å²) in [6.45, 7) is 2.47. The molecule has 0 aliphatic rings. The van der Waals surface area contributed by atoms with Crippen LogP contribution in [0.2, 0.25) is 5.02 Å². The van der Waals surface area contributed by atoms with Crippen LogP contribution in [0, 0.1) is 0 Å². The first-order valence-corrected chi connectivity index (χ1v) is 9.46. The zero-order chi connectivity index (χ0) is 18.4. The first kappa shape index (κ1) is 18.4. The number of halogens is 1. The molecule has 0 aliphatic heterocycles. The number of nitrogens with zero attached hydrogens (tertiary/aromatic N) is 4. The minimum atomic E-state index is -0.169. The van der Waals surface area contributed by atoms with Crippen LogP contribution in [0.1, 0.15) is 24.1 Å². The Kier molecular flexibility index (Phi) is 6.25. The fraction of sp³-hybridized carbons (Fsp3) is 0.222. The van der Waals surface area contributed by atoms with Crippen LogP contribution in [0.15, 0.2) is 59.8 Å². The summed E-state index contributed by atoms with van der Waals surface area (Å²) >= 11 is 7.48. The highest BCUT2D eigenvalue weighted by molar-refractivity contribution is 7.99. The number of nitrogens with one attached hydrogen (secondary N) is 1. The fourth-order valence-corrected chi connectivity index (χ4v) is 3.46. The van der Waals surface area contributed by atoms with E-state index < -0.39 is 0 Å². The maximum atomic E-state index is 12.3. The van der Waals surface area contributed by atoms with Crippen molar-refractivity contribution in [2.75, 3.05) is 5.75 Å². The third-order valence-corrected chi connectivity index (χ3v) is 5.06. The van der Waals surface area contributed by atoms with Gasteiger partial charge in [-0.05, 0) is 34.5 Å². The summed E-state index contributed by atoms with van der Waals surface area (Å²) in [7, 11) is 0. The highest BCUT2D eigenvalue weighted by atomic mass is 35.5. The number of tetrazole rings is 1. The summed E-state index contributed by atoms with van der Waals surface area (Å²) < 4.78 is 1.69. The van der Waals surface area contributed by atoms with Gasteiger partial charge in [0.25, 0.3) is 0 Å². The third kappa shape index (κ3) is 4.83. The van der Waals surface area contributed by atoms with Crippen LogP contribution >= 0.6 is 23.4 Å². The zero-order valence-electron chi connectivity index (χ0n) is 14.2. The number of thioether (sulfide) groups is 1. The summed E-state index contributed by atoms with van der Waals surface area (Å²) in [4.78, 5) is 12.3. The van der Waals surface area contributed by atoms with Gasteiger partial charge in [-0.15, -0.1) is 5.10 Å². The van der Waals surface area contributed by atoms with Gasteiger partial charge < -0.3 is 5.32 Å². The van der Waals surface area contributed by atoms with Gasteiger partial charge in [0.1, 0.15) is 0 Å². The van der Waals surface area contributed by atoms with Crippen molar-refractivity contribution in [3.63, 3.8) is 0 Å². The predicted octanol–water partition coefficient (Wildman–Crippen LogP) is 3.34. The van der Waals surface area contributed by atoms with E-state index in [1.807, 2.05) is 61.5 Å². The molecule has 8 heteroatoms. The molecule has 0 saturated heterocycles. The predicted molar refractivity (Wildman–Crippen MR) is 102 cm³/mol. The Morgan fingerprint density at radius 3 is 2.69 bits per heavy atom. The Hall–Kier alpha value is -2.38. The average molecular weight is 388 g/mol. The van der Waals surface area contributed by atoms with Gasteiger partial charge in [-0.3, -0.25) is 4.79 Å². The third-order valence-electron chi connectivity index (χ3n) is 3.76. The fourth-order valence-electron chi connectivity index (χ4n) is 2.47. The molecule has 3 rings (SSSR count). The summed E-state index contributed by atoms with van der Waals surface area (Å²) in [6, 6.07) is 17.2. The molecule has 1 unspecified atom stereocenters. The van der Waals surface area contributed by atoms with Crippen molar-refractivity contribution in [2.45, 2.75) is 24.7 Å². The molecule has 0 bridgehead atoms. The lowest BCUT2D eigenvalue weighted by atomic mass is 10.1. The molecule has 1 atom stereocenters. The highest BCUT2D eigenvalue weighted by Gasteiger charge is 2.14. The van der Waals surface area contributed by atoms with Gasteiger partial charge in [0.2, 0.25) is 11.1 Å². The monoisotopic (exact) mass is 387 g/mol. The number of hydrogen-bond acceptors (Lipinski definition) is 5. The van der Waals surface area contributed by atoms with Gasteiger partial charge >= 0.3 is 0 Å². The van der Waals surface area contributed by atoms with E-state index in [0.717, 1.165) is 11.1 Å². The molecule has 26 heavy (non-hydrogen) atoms. The summed E-state index contributed by atoms with van der Waals surface area (Å²) in [6.07, 6.45) is 0. The van der Waals surface area contributed by atoms with Crippen molar-refractivity contribution < 1.29 is 4.79 Å². The van der Waals surface area contributed by atoms with Crippen molar-refractivity contribution >= 4 is 29.3 Å². The van der Waals surface area contributed by atoms with E-state index in [0.29, 0.717) is 16.7 Å². The normalized spacial score (nSPS) is 11.9. The molecule has 0 spiro atoms. The van der Waals surface area contributed by atoms with Crippen LogP contribution in [0.3, 0.4) is 0 Å².